The Morgan fingerprint density at radius 2 is 2.00 bits per heavy atom. The number of carbonyl (C=O) groups excluding carboxylic acids is 1. The van der Waals surface area contributed by atoms with E-state index in [9.17, 15) is 4.79 Å². The lowest BCUT2D eigenvalue weighted by Crippen LogP contribution is -2.48. The van der Waals surface area contributed by atoms with Gasteiger partial charge < -0.3 is 19.7 Å². The van der Waals surface area contributed by atoms with Crippen LogP contribution in [0.5, 0.6) is 11.5 Å². The van der Waals surface area contributed by atoms with Gasteiger partial charge in [-0.3, -0.25) is 4.90 Å². The highest BCUT2D eigenvalue weighted by Gasteiger charge is 2.23. The molecule has 1 unspecified atom stereocenters. The minimum absolute atomic E-state index is 0.250. The first-order valence-electron chi connectivity index (χ1n) is 10.1. The molecule has 3 heterocycles. The number of para-hydroxylation sites is 1. The van der Waals surface area contributed by atoms with E-state index in [2.05, 4.69) is 32.1 Å². The number of thiazole rings is 1. The quantitative estimate of drug-likeness (QED) is 0.399. The molecule has 1 aromatic carbocycles. The predicted octanol–water partition coefficient (Wildman–Crippen LogP) is 4.25. The van der Waals surface area contributed by atoms with Crippen molar-refractivity contribution in [3.63, 3.8) is 0 Å². The zero-order valence-electron chi connectivity index (χ0n) is 17.5. The van der Waals surface area contributed by atoms with Crippen molar-refractivity contribution in [2.75, 3.05) is 38.5 Å². The molecular weight excluding hydrogens is 430 g/mol. The van der Waals surface area contributed by atoms with Crippen LogP contribution in [0.2, 0.25) is 0 Å². The number of aryl methyl sites for hydroxylation is 1. The lowest BCUT2D eigenvalue weighted by atomic mass is 10.3. The molecule has 1 aliphatic rings. The number of nitrogens with zero attached hydrogens (tertiary/aromatic N) is 4. The van der Waals surface area contributed by atoms with Gasteiger partial charge in [0.15, 0.2) is 16.7 Å². The first-order valence-corrected chi connectivity index (χ1v) is 11.8. The number of hydrogen-bond donors (Lipinski definition) is 1. The minimum Gasteiger partial charge on any atom is -0.453 e. The Hall–Kier alpha value is -2.46. The zero-order valence-corrected chi connectivity index (χ0v) is 19.2. The van der Waals surface area contributed by atoms with Crippen molar-refractivity contribution in [3.05, 3.63) is 53.7 Å². The van der Waals surface area contributed by atoms with Gasteiger partial charge in [-0.05, 0) is 32.2 Å². The van der Waals surface area contributed by atoms with Gasteiger partial charge in [0.1, 0.15) is 17.4 Å². The van der Waals surface area contributed by atoms with Crippen LogP contribution in [0.15, 0.2) is 52.9 Å². The molecule has 31 heavy (non-hydrogen) atoms. The highest BCUT2D eigenvalue weighted by molar-refractivity contribution is 8.00. The van der Waals surface area contributed by atoms with Crippen LogP contribution in [0.25, 0.3) is 0 Å². The number of thioether (sulfide) groups is 1. The van der Waals surface area contributed by atoms with Gasteiger partial charge >= 0.3 is 0 Å². The first kappa shape index (κ1) is 21.8. The number of benzene rings is 1. The summed E-state index contributed by atoms with van der Waals surface area (Å²) < 4.78 is 6.13. The van der Waals surface area contributed by atoms with Gasteiger partial charge in [0.2, 0.25) is 0 Å². The second-order valence-corrected chi connectivity index (χ2v) is 9.38. The van der Waals surface area contributed by atoms with Crippen LogP contribution in [-0.4, -0.2) is 64.7 Å². The molecule has 1 atom stereocenters. The van der Waals surface area contributed by atoms with Crippen LogP contribution < -0.4 is 10.1 Å². The van der Waals surface area contributed by atoms with Gasteiger partial charge in [-0.1, -0.05) is 30.0 Å². The van der Waals surface area contributed by atoms with E-state index in [1.807, 2.05) is 48.7 Å². The number of piperazine rings is 1. The second kappa shape index (κ2) is 10.2. The van der Waals surface area contributed by atoms with E-state index in [-0.39, 0.29) is 5.37 Å². The van der Waals surface area contributed by atoms with Crippen molar-refractivity contribution < 1.29 is 9.53 Å². The summed E-state index contributed by atoms with van der Waals surface area (Å²) in [5.74, 6) is 1.90. The molecule has 2 aromatic heterocycles. The molecule has 1 fully saturated rings. The molecule has 0 spiro atoms. The average molecular weight is 456 g/mol. The van der Waals surface area contributed by atoms with Crippen LogP contribution in [0.3, 0.4) is 0 Å². The Kier molecular flexibility index (Phi) is 7.18. The molecular formula is C22H25N5O2S2. The Morgan fingerprint density at radius 1 is 1.23 bits per heavy atom. The molecule has 162 valence electrons. The summed E-state index contributed by atoms with van der Waals surface area (Å²) in [5.41, 5.74) is 0.950. The van der Waals surface area contributed by atoms with Crippen LogP contribution >= 0.6 is 23.1 Å². The monoisotopic (exact) mass is 455 g/mol. The van der Waals surface area contributed by atoms with Gasteiger partial charge in [0.05, 0.1) is 5.69 Å². The van der Waals surface area contributed by atoms with Crippen molar-refractivity contribution in [2.45, 2.75) is 17.2 Å². The molecule has 7 nitrogen and oxygen atoms in total. The molecule has 3 aromatic rings. The minimum atomic E-state index is -0.250. The van der Waals surface area contributed by atoms with E-state index in [4.69, 9.17) is 4.74 Å². The van der Waals surface area contributed by atoms with Crippen LogP contribution in [0.1, 0.15) is 5.69 Å². The summed E-state index contributed by atoms with van der Waals surface area (Å²) in [6.45, 7) is 5.62. The number of nitrogens with one attached hydrogen (secondary N) is 1. The summed E-state index contributed by atoms with van der Waals surface area (Å²) in [6.07, 6.45) is 2.79. The normalized spacial score (nSPS) is 16.1. The average Bonchev–Trinajstić information content (AvgIpc) is 3.20. The molecule has 1 saturated heterocycles. The smallest absolute Gasteiger partial charge is 0.188 e. The second-order valence-electron chi connectivity index (χ2n) is 7.34. The van der Waals surface area contributed by atoms with Gasteiger partial charge in [-0.2, -0.15) is 0 Å². The summed E-state index contributed by atoms with van der Waals surface area (Å²) in [5, 5.41) is 5.74. The maximum atomic E-state index is 11.8. The number of ether oxygens (including phenoxy) is 1. The summed E-state index contributed by atoms with van der Waals surface area (Å²) >= 11 is 3.01. The predicted molar refractivity (Wildman–Crippen MR) is 126 cm³/mol. The standard InChI is InChI=1S/C22H25N5O2S2/c1-16-15-30-22(24-16)25-21-19(29-17-6-4-3-5-7-17)12-18(13-23-21)31-20(14-28)27-10-8-26(2)9-11-27/h3-7,12-15,20H,8-11H2,1-2H3,(H,23,24,25). The SMILES string of the molecule is Cc1csc(Nc2ncc(SC(C=O)N3CCN(C)CC3)cc2Oc2ccccc2)n1. The molecule has 0 radical (unpaired) electrons. The fraction of sp³-hybridized carbons (Fsp3) is 0.318. The molecule has 0 amide bonds. The fourth-order valence-electron chi connectivity index (χ4n) is 3.20. The third-order valence-electron chi connectivity index (χ3n) is 4.91. The first-order chi connectivity index (χ1) is 15.1. The Balaban J connectivity index is 1.56. The summed E-state index contributed by atoms with van der Waals surface area (Å²) in [6, 6.07) is 11.5. The molecule has 4 rings (SSSR count). The lowest BCUT2D eigenvalue weighted by molar-refractivity contribution is -0.110. The third-order valence-corrected chi connectivity index (χ3v) is 6.94. The molecule has 1 aliphatic heterocycles. The van der Waals surface area contributed by atoms with E-state index in [0.29, 0.717) is 11.6 Å². The molecule has 0 bridgehead atoms. The van der Waals surface area contributed by atoms with E-state index in [0.717, 1.165) is 53.9 Å². The van der Waals surface area contributed by atoms with Crippen molar-refractivity contribution in [2.24, 2.45) is 0 Å². The molecule has 0 saturated carbocycles. The maximum Gasteiger partial charge on any atom is 0.188 e. The molecule has 9 heteroatoms. The van der Waals surface area contributed by atoms with Gasteiger partial charge in [-0.25, -0.2) is 9.97 Å². The number of carbonyl (C=O) groups is 1. The zero-order chi connectivity index (χ0) is 21.6. The van der Waals surface area contributed by atoms with E-state index in [1.54, 1.807) is 6.20 Å². The summed E-state index contributed by atoms with van der Waals surface area (Å²) in [7, 11) is 2.10. The number of anilines is 2. The van der Waals surface area contributed by atoms with Crippen molar-refractivity contribution in [1.82, 2.24) is 19.8 Å². The number of aldehydes is 1. The number of rotatable bonds is 8. The Bertz CT molecular complexity index is 1010. The number of hydrogen-bond acceptors (Lipinski definition) is 9. The molecule has 0 aliphatic carbocycles. The van der Waals surface area contributed by atoms with E-state index in [1.165, 1.54) is 23.1 Å². The van der Waals surface area contributed by atoms with Crippen molar-refractivity contribution in [1.29, 1.82) is 0 Å². The number of likely N-dealkylation sites (N-methyl/N-ethyl adjacent to an activating group) is 1. The number of pyridine rings is 1. The fourth-order valence-corrected chi connectivity index (χ4v) is 4.87. The van der Waals surface area contributed by atoms with Gasteiger partial charge in [0, 0.05) is 42.7 Å². The van der Waals surface area contributed by atoms with E-state index < -0.39 is 0 Å². The van der Waals surface area contributed by atoms with Crippen LogP contribution in [0.4, 0.5) is 10.9 Å². The van der Waals surface area contributed by atoms with Gasteiger partial charge in [0.25, 0.3) is 0 Å². The van der Waals surface area contributed by atoms with Crippen molar-refractivity contribution in [3.8, 4) is 11.5 Å². The Labute approximate surface area is 190 Å². The van der Waals surface area contributed by atoms with E-state index >= 15 is 0 Å². The van der Waals surface area contributed by atoms with Crippen molar-refractivity contribution >= 4 is 40.3 Å². The topological polar surface area (TPSA) is 70.6 Å². The lowest BCUT2D eigenvalue weighted by Gasteiger charge is -2.35. The van der Waals surface area contributed by atoms with Crippen LogP contribution in [-0.2, 0) is 4.79 Å². The van der Waals surface area contributed by atoms with Crippen LogP contribution in [0, 0.1) is 6.92 Å². The molecule has 1 N–H and O–H groups in total. The van der Waals surface area contributed by atoms with Gasteiger partial charge in [-0.15, -0.1) is 11.3 Å². The highest BCUT2D eigenvalue weighted by atomic mass is 32.2. The highest BCUT2D eigenvalue weighted by Crippen LogP contribution is 2.35. The maximum absolute atomic E-state index is 11.8. The Morgan fingerprint density at radius 3 is 2.68 bits per heavy atom. The summed E-state index contributed by atoms with van der Waals surface area (Å²) in [4.78, 5) is 26.2. The number of aromatic nitrogens is 2. The largest absolute Gasteiger partial charge is 0.453 e. The third kappa shape index (κ3) is 5.82.